The Labute approximate surface area is 179 Å². The molecule has 5 rings (SSSR count). The molecular formula is C23H23FN6O. The molecule has 0 bridgehead atoms. The van der Waals surface area contributed by atoms with Crippen molar-refractivity contribution in [2.75, 3.05) is 43.1 Å². The molecule has 0 N–H and O–H groups in total. The van der Waals surface area contributed by atoms with Crippen LogP contribution >= 0.6 is 0 Å². The summed E-state index contributed by atoms with van der Waals surface area (Å²) >= 11 is 0. The summed E-state index contributed by atoms with van der Waals surface area (Å²) < 4.78 is 20.4. The average Bonchev–Trinajstić information content (AvgIpc) is 3.16. The van der Waals surface area contributed by atoms with Crippen LogP contribution in [0.2, 0.25) is 0 Å². The molecule has 0 unspecified atom stereocenters. The van der Waals surface area contributed by atoms with E-state index in [4.69, 9.17) is 4.74 Å². The van der Waals surface area contributed by atoms with Crippen molar-refractivity contribution in [1.82, 2.24) is 19.7 Å². The predicted octanol–water partition coefficient (Wildman–Crippen LogP) is 3.60. The molecule has 1 aliphatic rings. The molecule has 2 aromatic carbocycles. The van der Waals surface area contributed by atoms with Gasteiger partial charge in [0.05, 0.1) is 23.9 Å². The fourth-order valence-electron chi connectivity index (χ4n) is 4.07. The van der Waals surface area contributed by atoms with E-state index in [9.17, 15) is 4.39 Å². The van der Waals surface area contributed by atoms with Crippen LogP contribution in [-0.2, 0) is 0 Å². The van der Waals surface area contributed by atoms with Gasteiger partial charge in [0.25, 0.3) is 0 Å². The number of piperazine rings is 1. The number of aromatic nitrogens is 4. The van der Waals surface area contributed by atoms with Crippen molar-refractivity contribution in [1.29, 1.82) is 0 Å². The lowest BCUT2D eigenvalue weighted by Crippen LogP contribution is -2.46. The highest BCUT2D eigenvalue weighted by Crippen LogP contribution is 2.29. The molecule has 1 fully saturated rings. The van der Waals surface area contributed by atoms with Gasteiger partial charge < -0.3 is 14.5 Å². The number of ether oxygens (including phenoxy) is 1. The Hall–Kier alpha value is -3.68. The van der Waals surface area contributed by atoms with E-state index in [0.717, 1.165) is 60.2 Å². The number of hydrogen-bond donors (Lipinski definition) is 0. The van der Waals surface area contributed by atoms with Crippen LogP contribution in [0, 0.1) is 12.7 Å². The van der Waals surface area contributed by atoms with Gasteiger partial charge in [0.2, 0.25) is 0 Å². The Morgan fingerprint density at radius 2 is 1.48 bits per heavy atom. The molecule has 31 heavy (non-hydrogen) atoms. The number of benzene rings is 2. The monoisotopic (exact) mass is 418 g/mol. The maximum atomic E-state index is 13.3. The summed E-state index contributed by atoms with van der Waals surface area (Å²) in [5.41, 5.74) is 3.54. The van der Waals surface area contributed by atoms with Crippen LogP contribution in [0.3, 0.4) is 0 Å². The second-order valence-corrected chi connectivity index (χ2v) is 7.54. The standard InChI is InChI=1S/C23H23FN6O/c1-16-21-22(25-15-26-23(21)30(27-16)19-5-3-17(24)4-6-19)29-13-11-28(12-14-29)18-7-9-20(31-2)10-8-18/h3-10,15H,11-14H2,1-2H3. The molecule has 0 amide bonds. The number of halogens is 1. The molecule has 7 nitrogen and oxygen atoms in total. The first-order valence-corrected chi connectivity index (χ1v) is 10.2. The van der Waals surface area contributed by atoms with E-state index in [1.54, 1.807) is 30.3 Å². The Morgan fingerprint density at radius 1 is 0.839 bits per heavy atom. The second kappa shape index (κ2) is 7.86. The van der Waals surface area contributed by atoms with Crippen LogP contribution in [0.25, 0.3) is 16.7 Å². The van der Waals surface area contributed by atoms with Crippen molar-refractivity contribution in [2.24, 2.45) is 0 Å². The normalized spacial score (nSPS) is 14.3. The third kappa shape index (κ3) is 3.54. The van der Waals surface area contributed by atoms with Crippen molar-refractivity contribution in [3.05, 3.63) is 66.4 Å². The van der Waals surface area contributed by atoms with E-state index < -0.39 is 0 Å². The average molecular weight is 418 g/mol. The number of aryl methyl sites for hydroxylation is 1. The van der Waals surface area contributed by atoms with Crippen LogP contribution in [0.15, 0.2) is 54.9 Å². The van der Waals surface area contributed by atoms with Gasteiger partial charge in [0, 0.05) is 31.9 Å². The summed E-state index contributed by atoms with van der Waals surface area (Å²) in [6, 6.07) is 14.4. The molecule has 0 radical (unpaired) electrons. The van der Waals surface area contributed by atoms with Gasteiger partial charge in [-0.25, -0.2) is 19.0 Å². The lowest BCUT2D eigenvalue weighted by atomic mass is 10.2. The Kier molecular flexibility index (Phi) is 4.89. The Bertz CT molecular complexity index is 1200. The van der Waals surface area contributed by atoms with E-state index in [2.05, 4.69) is 37.0 Å². The highest BCUT2D eigenvalue weighted by Gasteiger charge is 2.23. The highest BCUT2D eigenvalue weighted by molar-refractivity contribution is 5.90. The van der Waals surface area contributed by atoms with Gasteiger partial charge in [-0.2, -0.15) is 5.10 Å². The minimum Gasteiger partial charge on any atom is -0.497 e. The Morgan fingerprint density at radius 3 is 2.16 bits per heavy atom. The summed E-state index contributed by atoms with van der Waals surface area (Å²) in [7, 11) is 1.68. The summed E-state index contributed by atoms with van der Waals surface area (Å²) in [4.78, 5) is 13.7. The van der Waals surface area contributed by atoms with E-state index in [1.807, 2.05) is 19.1 Å². The summed E-state index contributed by atoms with van der Waals surface area (Å²) in [5, 5.41) is 5.60. The zero-order chi connectivity index (χ0) is 21.4. The molecule has 0 aliphatic carbocycles. The molecule has 8 heteroatoms. The first-order valence-electron chi connectivity index (χ1n) is 10.2. The van der Waals surface area contributed by atoms with Gasteiger partial charge in [-0.15, -0.1) is 0 Å². The van der Waals surface area contributed by atoms with Crippen molar-refractivity contribution in [3.63, 3.8) is 0 Å². The van der Waals surface area contributed by atoms with Crippen LogP contribution in [0.4, 0.5) is 15.9 Å². The molecule has 0 saturated carbocycles. The van der Waals surface area contributed by atoms with Crippen molar-refractivity contribution < 1.29 is 9.13 Å². The zero-order valence-corrected chi connectivity index (χ0v) is 17.5. The van der Waals surface area contributed by atoms with E-state index in [-0.39, 0.29) is 5.82 Å². The van der Waals surface area contributed by atoms with Gasteiger partial charge in [0.1, 0.15) is 23.7 Å². The molecule has 0 spiro atoms. The fourth-order valence-corrected chi connectivity index (χ4v) is 4.07. The highest BCUT2D eigenvalue weighted by atomic mass is 19.1. The molecular weight excluding hydrogens is 395 g/mol. The topological polar surface area (TPSA) is 59.3 Å². The van der Waals surface area contributed by atoms with Crippen molar-refractivity contribution in [2.45, 2.75) is 6.92 Å². The number of rotatable bonds is 4. The maximum Gasteiger partial charge on any atom is 0.168 e. The first-order chi connectivity index (χ1) is 15.1. The first kappa shape index (κ1) is 19.3. The Balaban J connectivity index is 1.41. The van der Waals surface area contributed by atoms with Gasteiger partial charge in [-0.1, -0.05) is 0 Å². The quantitative estimate of drug-likeness (QED) is 0.505. The number of methoxy groups -OCH3 is 1. The van der Waals surface area contributed by atoms with E-state index in [0.29, 0.717) is 0 Å². The second-order valence-electron chi connectivity index (χ2n) is 7.54. The third-order valence-electron chi connectivity index (χ3n) is 5.71. The van der Waals surface area contributed by atoms with Gasteiger partial charge in [-0.05, 0) is 55.5 Å². The van der Waals surface area contributed by atoms with Crippen LogP contribution in [0.1, 0.15) is 5.69 Å². The molecule has 0 atom stereocenters. The molecule has 158 valence electrons. The van der Waals surface area contributed by atoms with Gasteiger partial charge in [-0.3, -0.25) is 0 Å². The molecule has 1 saturated heterocycles. The summed E-state index contributed by atoms with van der Waals surface area (Å²) in [6.07, 6.45) is 1.58. The predicted molar refractivity (Wildman–Crippen MR) is 119 cm³/mol. The number of anilines is 2. The summed E-state index contributed by atoms with van der Waals surface area (Å²) in [6.45, 7) is 5.44. The van der Waals surface area contributed by atoms with Crippen molar-refractivity contribution >= 4 is 22.5 Å². The van der Waals surface area contributed by atoms with Crippen molar-refractivity contribution in [3.8, 4) is 11.4 Å². The maximum absolute atomic E-state index is 13.3. The van der Waals surface area contributed by atoms with E-state index in [1.165, 1.54) is 17.8 Å². The molecule has 3 heterocycles. The molecule has 1 aliphatic heterocycles. The largest absolute Gasteiger partial charge is 0.497 e. The number of nitrogens with zero attached hydrogens (tertiary/aromatic N) is 6. The molecule has 2 aromatic heterocycles. The fraction of sp³-hybridized carbons (Fsp3) is 0.261. The third-order valence-corrected chi connectivity index (χ3v) is 5.71. The smallest absolute Gasteiger partial charge is 0.168 e. The minimum atomic E-state index is -0.276. The van der Waals surface area contributed by atoms with Crippen LogP contribution < -0.4 is 14.5 Å². The van der Waals surface area contributed by atoms with Gasteiger partial charge in [0.15, 0.2) is 5.65 Å². The summed E-state index contributed by atoms with van der Waals surface area (Å²) in [5.74, 6) is 1.48. The van der Waals surface area contributed by atoms with Crippen LogP contribution in [-0.4, -0.2) is 53.0 Å². The lowest BCUT2D eigenvalue weighted by molar-refractivity contribution is 0.415. The number of fused-ring (bicyclic) bond motifs is 1. The molecule has 4 aromatic rings. The van der Waals surface area contributed by atoms with Gasteiger partial charge >= 0.3 is 0 Å². The SMILES string of the molecule is COc1ccc(N2CCN(c3ncnc4c3c(C)nn4-c3ccc(F)cc3)CC2)cc1. The lowest BCUT2D eigenvalue weighted by Gasteiger charge is -2.37. The minimum absolute atomic E-state index is 0.276. The van der Waals surface area contributed by atoms with Crippen LogP contribution in [0.5, 0.6) is 5.75 Å². The van der Waals surface area contributed by atoms with E-state index >= 15 is 0 Å². The zero-order valence-electron chi connectivity index (χ0n) is 17.5. The number of hydrogen-bond acceptors (Lipinski definition) is 6.